The Morgan fingerprint density at radius 3 is 3.06 bits per heavy atom. The molecule has 1 atom stereocenters. The van der Waals surface area contributed by atoms with Crippen LogP contribution in [-0.4, -0.2) is 39.0 Å². The van der Waals surface area contributed by atoms with Crippen LogP contribution in [0.15, 0.2) is 17.5 Å². The van der Waals surface area contributed by atoms with Crippen molar-refractivity contribution in [3.8, 4) is 0 Å². The van der Waals surface area contributed by atoms with Crippen LogP contribution in [-0.2, 0) is 21.0 Å². The Kier molecular flexibility index (Phi) is 3.03. The Morgan fingerprint density at radius 1 is 1.65 bits per heavy atom. The normalized spacial score (nSPS) is 18.4. The number of nitrogens with zero attached hydrogens (tertiary/aromatic N) is 2. The predicted octanol–water partition coefficient (Wildman–Crippen LogP) is -0.745. The first kappa shape index (κ1) is 11.1. The van der Waals surface area contributed by atoms with E-state index < -0.39 is 18.0 Å². The molecule has 8 heteroatoms. The van der Waals surface area contributed by atoms with Crippen molar-refractivity contribution in [1.29, 1.82) is 0 Å². The van der Waals surface area contributed by atoms with Gasteiger partial charge in [-0.3, -0.25) is 9.89 Å². The third-order valence-electron chi connectivity index (χ3n) is 2.23. The van der Waals surface area contributed by atoms with Crippen molar-refractivity contribution in [2.75, 3.05) is 0 Å². The maximum Gasteiger partial charge on any atom is 0.353 e. The van der Waals surface area contributed by atoms with Gasteiger partial charge in [-0.1, -0.05) is 5.16 Å². The molecule has 1 unspecified atom stereocenters. The number of aromatic amines is 1. The van der Waals surface area contributed by atoms with E-state index in [-0.39, 0.29) is 12.1 Å². The molecule has 1 amide bonds. The number of amides is 1. The minimum absolute atomic E-state index is 0.0213. The first-order valence-electron chi connectivity index (χ1n) is 4.88. The zero-order valence-corrected chi connectivity index (χ0v) is 8.71. The number of H-pyrrole nitrogens is 1. The molecule has 2 rings (SSSR count). The molecular weight excluding hydrogens is 228 g/mol. The number of carbonyl (C=O) groups excluding carboxylic acids is 1. The third kappa shape index (κ3) is 2.60. The molecule has 0 radical (unpaired) electrons. The lowest BCUT2D eigenvalue weighted by Gasteiger charge is -2.07. The Labute approximate surface area is 95.6 Å². The summed E-state index contributed by atoms with van der Waals surface area (Å²) in [4.78, 5) is 26.9. The zero-order chi connectivity index (χ0) is 12.3. The smallest absolute Gasteiger partial charge is 0.353 e. The second kappa shape index (κ2) is 4.64. The zero-order valence-electron chi connectivity index (χ0n) is 8.71. The van der Waals surface area contributed by atoms with Crippen LogP contribution in [0.1, 0.15) is 12.0 Å². The minimum atomic E-state index is -1.17. The van der Waals surface area contributed by atoms with E-state index in [0.717, 1.165) is 5.56 Å². The summed E-state index contributed by atoms with van der Waals surface area (Å²) in [5.41, 5.74) is 0.671. The Morgan fingerprint density at radius 2 is 2.47 bits per heavy atom. The summed E-state index contributed by atoms with van der Waals surface area (Å²) in [5, 5.41) is 20.9. The van der Waals surface area contributed by atoms with Gasteiger partial charge in [-0.2, -0.15) is 5.10 Å². The lowest BCUT2D eigenvalue weighted by Crippen LogP contribution is -2.34. The molecule has 1 aromatic rings. The number of carboxylic acids is 1. The topological polar surface area (TPSA) is 117 Å². The molecule has 0 aliphatic carbocycles. The number of nitrogens with one attached hydrogen (secondary N) is 2. The highest BCUT2D eigenvalue weighted by molar-refractivity contribution is 6.36. The highest BCUT2D eigenvalue weighted by Gasteiger charge is 2.31. The van der Waals surface area contributed by atoms with E-state index in [0.29, 0.717) is 6.54 Å². The molecule has 90 valence electrons. The maximum atomic E-state index is 11.6. The van der Waals surface area contributed by atoms with Gasteiger partial charge < -0.3 is 15.3 Å². The number of carbonyl (C=O) groups is 2. The molecule has 0 saturated heterocycles. The van der Waals surface area contributed by atoms with Crippen LogP contribution >= 0.6 is 0 Å². The van der Waals surface area contributed by atoms with Crippen molar-refractivity contribution in [2.24, 2.45) is 5.16 Å². The number of aliphatic carboxylic acids is 1. The molecule has 0 spiro atoms. The highest BCUT2D eigenvalue weighted by atomic mass is 16.6. The summed E-state index contributed by atoms with van der Waals surface area (Å²) in [6.07, 6.45) is 2.34. The van der Waals surface area contributed by atoms with Gasteiger partial charge in [0.25, 0.3) is 5.91 Å². The fraction of sp³-hybridized carbons (Fsp3) is 0.333. The average Bonchev–Trinajstić information content (AvgIpc) is 2.96. The van der Waals surface area contributed by atoms with Crippen molar-refractivity contribution in [1.82, 2.24) is 15.5 Å². The number of aromatic nitrogens is 2. The van der Waals surface area contributed by atoms with E-state index in [4.69, 9.17) is 9.94 Å². The third-order valence-corrected chi connectivity index (χ3v) is 2.23. The van der Waals surface area contributed by atoms with Gasteiger partial charge in [0.05, 0.1) is 6.20 Å². The second-order valence-electron chi connectivity index (χ2n) is 3.47. The summed E-state index contributed by atoms with van der Waals surface area (Å²) in [5.74, 6) is -1.57. The van der Waals surface area contributed by atoms with Crippen molar-refractivity contribution in [3.05, 3.63) is 18.0 Å². The first-order valence-corrected chi connectivity index (χ1v) is 4.88. The number of oxime groups is 1. The molecule has 0 fully saturated rings. The first-order chi connectivity index (χ1) is 8.16. The lowest BCUT2D eigenvalue weighted by molar-refractivity contribution is -0.131. The van der Waals surface area contributed by atoms with E-state index in [1.54, 1.807) is 12.4 Å². The van der Waals surface area contributed by atoms with Gasteiger partial charge in [0.1, 0.15) is 0 Å². The molecule has 8 nitrogen and oxygen atoms in total. The molecule has 17 heavy (non-hydrogen) atoms. The molecule has 3 N–H and O–H groups in total. The van der Waals surface area contributed by atoms with Crippen LogP contribution in [0.25, 0.3) is 0 Å². The maximum absolute atomic E-state index is 11.6. The molecule has 0 aromatic carbocycles. The molecule has 0 saturated carbocycles. The van der Waals surface area contributed by atoms with E-state index in [1.807, 2.05) is 0 Å². The summed E-state index contributed by atoms with van der Waals surface area (Å²) >= 11 is 0. The molecular formula is C9H10N4O4. The largest absolute Gasteiger partial charge is 0.477 e. The predicted molar refractivity (Wildman–Crippen MR) is 55.0 cm³/mol. The summed E-state index contributed by atoms with van der Waals surface area (Å²) in [6.45, 7) is 0.303. The van der Waals surface area contributed by atoms with Gasteiger partial charge in [-0.25, -0.2) is 4.79 Å². The quantitative estimate of drug-likeness (QED) is 0.638. The van der Waals surface area contributed by atoms with Crippen LogP contribution in [0.5, 0.6) is 0 Å². The van der Waals surface area contributed by atoms with Crippen LogP contribution in [0.3, 0.4) is 0 Å². The average molecular weight is 238 g/mol. The van der Waals surface area contributed by atoms with Crippen molar-refractivity contribution in [3.63, 3.8) is 0 Å². The van der Waals surface area contributed by atoms with Crippen molar-refractivity contribution in [2.45, 2.75) is 19.1 Å². The fourth-order valence-electron chi connectivity index (χ4n) is 1.32. The van der Waals surface area contributed by atoms with E-state index in [2.05, 4.69) is 20.7 Å². The number of carboxylic acid groups (broad SMARTS) is 1. The van der Waals surface area contributed by atoms with E-state index >= 15 is 0 Å². The molecule has 1 aromatic heterocycles. The van der Waals surface area contributed by atoms with Crippen molar-refractivity contribution < 1.29 is 19.5 Å². The van der Waals surface area contributed by atoms with Gasteiger partial charge >= 0.3 is 5.97 Å². The van der Waals surface area contributed by atoms with Gasteiger partial charge in [0.15, 0.2) is 5.71 Å². The van der Waals surface area contributed by atoms with Gasteiger partial charge in [0.2, 0.25) is 6.10 Å². The Balaban J connectivity index is 1.81. The molecule has 1 aliphatic heterocycles. The fourth-order valence-corrected chi connectivity index (χ4v) is 1.32. The number of hydrogen-bond donors (Lipinski definition) is 3. The Hall–Kier alpha value is -2.38. The van der Waals surface area contributed by atoms with Gasteiger partial charge in [-0.05, 0) is 0 Å². The van der Waals surface area contributed by atoms with Gasteiger partial charge in [0, 0.05) is 24.7 Å². The van der Waals surface area contributed by atoms with E-state index in [9.17, 15) is 9.59 Å². The standard InChI is InChI=1S/C9H10N4O4/c14-8(10-2-5-3-11-12-4-5)7-1-6(9(15)16)13-17-7/h3-4,7H,1-2H2,(H,10,14)(H,11,12)(H,15,16). The monoisotopic (exact) mass is 238 g/mol. The van der Waals surface area contributed by atoms with E-state index in [1.165, 1.54) is 0 Å². The number of hydrogen-bond acceptors (Lipinski definition) is 5. The van der Waals surface area contributed by atoms with Crippen LogP contribution < -0.4 is 5.32 Å². The van der Waals surface area contributed by atoms with Crippen LogP contribution in [0.2, 0.25) is 0 Å². The summed E-state index contributed by atoms with van der Waals surface area (Å²) in [7, 11) is 0. The van der Waals surface area contributed by atoms with Crippen molar-refractivity contribution >= 4 is 17.6 Å². The lowest BCUT2D eigenvalue weighted by atomic mass is 10.1. The van der Waals surface area contributed by atoms with Crippen LogP contribution in [0, 0.1) is 0 Å². The highest BCUT2D eigenvalue weighted by Crippen LogP contribution is 2.10. The summed E-state index contributed by atoms with van der Waals surface area (Å²) in [6, 6.07) is 0. The number of rotatable bonds is 4. The van der Waals surface area contributed by atoms with Gasteiger partial charge in [-0.15, -0.1) is 0 Å². The SMILES string of the molecule is O=C(O)C1=NOC(C(=O)NCc2cn[nH]c2)C1. The van der Waals surface area contributed by atoms with Crippen LogP contribution in [0.4, 0.5) is 0 Å². The second-order valence-corrected chi connectivity index (χ2v) is 3.47. The minimum Gasteiger partial charge on any atom is -0.477 e. The molecule has 2 heterocycles. The summed E-state index contributed by atoms with van der Waals surface area (Å²) < 4.78 is 0. The molecule has 1 aliphatic rings. The molecule has 0 bridgehead atoms. The Bertz CT molecular complexity index is 454.